The van der Waals surface area contributed by atoms with E-state index >= 15 is 0 Å². The fraction of sp³-hybridized carbons (Fsp3) is 0.571. The molecule has 0 radical (unpaired) electrons. The molecule has 0 bridgehead atoms. The van der Waals surface area contributed by atoms with Crippen LogP contribution in [0.3, 0.4) is 0 Å². The van der Waals surface area contributed by atoms with Crippen LogP contribution in [0.25, 0.3) is 11.0 Å². The third kappa shape index (κ3) is 5.39. The second-order valence-corrected chi connectivity index (χ2v) is 8.70. The lowest BCUT2D eigenvalue weighted by atomic mass is 9.89. The maximum absolute atomic E-state index is 14.2. The van der Waals surface area contributed by atoms with Crippen molar-refractivity contribution >= 4 is 16.8 Å². The summed E-state index contributed by atoms with van der Waals surface area (Å²) in [4.78, 5) is 15.2. The summed E-state index contributed by atoms with van der Waals surface area (Å²) in [6.07, 6.45) is 1.39. The van der Waals surface area contributed by atoms with Crippen LogP contribution in [0.15, 0.2) is 12.1 Å². The number of fused-ring (bicyclic) bond motifs is 1. The van der Waals surface area contributed by atoms with Crippen LogP contribution in [0.5, 0.6) is 0 Å². The van der Waals surface area contributed by atoms with Crippen molar-refractivity contribution in [2.45, 2.75) is 73.8 Å². The molecule has 5 heteroatoms. The Bertz CT molecular complexity index is 830. The zero-order chi connectivity index (χ0) is 20.3. The van der Waals surface area contributed by atoms with Gasteiger partial charge in [-0.2, -0.15) is 5.26 Å². The average Bonchev–Trinajstić information content (AvgIpc) is 2.83. The monoisotopic (exact) mass is 359 g/mol. The highest BCUT2D eigenvalue weighted by molar-refractivity contribution is 5.79. The van der Waals surface area contributed by atoms with Gasteiger partial charge in [-0.1, -0.05) is 27.7 Å². The lowest BCUT2D eigenvalue weighted by Gasteiger charge is -2.23. The van der Waals surface area contributed by atoms with Crippen molar-refractivity contribution < 1.29 is 9.18 Å². The van der Waals surface area contributed by atoms with Crippen molar-refractivity contribution in [3.8, 4) is 6.07 Å². The minimum Gasteiger partial charge on any atom is -0.320 e. The van der Waals surface area contributed by atoms with Crippen LogP contribution in [-0.2, 0) is 10.3 Å². The lowest BCUT2D eigenvalue weighted by Crippen LogP contribution is -2.23. The Labute approximate surface area is 156 Å². The van der Waals surface area contributed by atoms with Crippen molar-refractivity contribution in [2.24, 2.45) is 5.41 Å². The molecule has 1 aromatic heterocycles. The van der Waals surface area contributed by atoms with Crippen molar-refractivity contribution in [3.05, 3.63) is 29.3 Å². The van der Waals surface area contributed by atoms with Gasteiger partial charge in [0.25, 0.3) is 0 Å². The predicted octanol–water partition coefficient (Wildman–Crippen LogP) is 5.51. The van der Waals surface area contributed by atoms with Gasteiger partial charge in [0.05, 0.1) is 11.1 Å². The first kappa shape index (κ1) is 21.8. The number of halogens is 1. The molecule has 0 amide bonds. The van der Waals surface area contributed by atoms with Crippen LogP contribution in [0, 0.1) is 29.5 Å². The van der Waals surface area contributed by atoms with Gasteiger partial charge in [-0.3, -0.25) is 4.79 Å². The first-order valence-electron chi connectivity index (χ1n) is 8.91. The number of benzene rings is 1. The van der Waals surface area contributed by atoms with Gasteiger partial charge >= 0.3 is 0 Å². The molecule has 4 nitrogen and oxygen atoms in total. The molecule has 0 N–H and O–H groups in total. The summed E-state index contributed by atoms with van der Waals surface area (Å²) in [5, 5.41) is 8.86. The van der Waals surface area contributed by atoms with Gasteiger partial charge < -0.3 is 4.57 Å². The highest BCUT2D eigenvalue weighted by atomic mass is 19.1. The number of carbonyl (C=O) groups excluding carboxylic acids is 1. The molecule has 2 rings (SSSR count). The van der Waals surface area contributed by atoms with Gasteiger partial charge in [0.1, 0.15) is 23.2 Å². The lowest BCUT2D eigenvalue weighted by molar-refractivity contribution is -0.120. The first-order valence-corrected chi connectivity index (χ1v) is 8.91. The number of nitriles is 1. The van der Waals surface area contributed by atoms with Gasteiger partial charge in [0, 0.05) is 18.4 Å². The molecule has 26 heavy (non-hydrogen) atoms. The van der Waals surface area contributed by atoms with Crippen LogP contribution in [0.4, 0.5) is 4.39 Å². The Hall–Kier alpha value is -2.22. The fourth-order valence-corrected chi connectivity index (χ4v) is 2.87. The van der Waals surface area contributed by atoms with E-state index in [0.717, 1.165) is 5.82 Å². The minimum absolute atomic E-state index is 0.0582. The quantitative estimate of drug-likeness (QED) is 0.710. The van der Waals surface area contributed by atoms with E-state index in [1.165, 1.54) is 6.07 Å². The Balaban J connectivity index is 0.000000321. The maximum Gasteiger partial charge on any atom is 0.166 e. The van der Waals surface area contributed by atoms with Crippen LogP contribution in [0.2, 0.25) is 0 Å². The second-order valence-electron chi connectivity index (χ2n) is 8.70. The Morgan fingerprint density at radius 3 is 2.19 bits per heavy atom. The molecule has 0 spiro atoms. The summed E-state index contributed by atoms with van der Waals surface area (Å²) >= 11 is 0. The van der Waals surface area contributed by atoms with E-state index in [4.69, 9.17) is 5.26 Å². The zero-order valence-electron chi connectivity index (χ0n) is 17.2. The smallest absolute Gasteiger partial charge is 0.166 e. The van der Waals surface area contributed by atoms with E-state index < -0.39 is 5.82 Å². The summed E-state index contributed by atoms with van der Waals surface area (Å²) in [5.41, 5.74) is 0.965. The molecular weight excluding hydrogens is 329 g/mol. The molecule has 1 heterocycles. The number of aromatic nitrogens is 2. The number of carbonyl (C=O) groups is 1. The third-order valence-electron chi connectivity index (χ3n) is 3.84. The number of ketones is 1. The van der Waals surface area contributed by atoms with Gasteiger partial charge in [-0.25, -0.2) is 9.37 Å². The molecule has 0 aliphatic carbocycles. The molecule has 0 atom stereocenters. The van der Waals surface area contributed by atoms with Gasteiger partial charge in [-0.05, 0) is 45.2 Å². The molecule has 2 aromatic rings. The summed E-state index contributed by atoms with van der Waals surface area (Å²) in [7, 11) is 0. The van der Waals surface area contributed by atoms with Crippen LogP contribution < -0.4 is 0 Å². The van der Waals surface area contributed by atoms with Crippen molar-refractivity contribution in [3.63, 3.8) is 0 Å². The zero-order valence-corrected chi connectivity index (χ0v) is 17.2. The minimum atomic E-state index is -0.486. The second kappa shape index (κ2) is 7.99. The maximum atomic E-state index is 14.2. The number of aryl methyl sites for hydroxylation is 1. The molecule has 142 valence electrons. The summed E-state index contributed by atoms with van der Waals surface area (Å²) in [6.45, 7) is 16.0. The number of nitrogens with zero attached hydrogens (tertiary/aromatic N) is 3. The van der Waals surface area contributed by atoms with Crippen LogP contribution in [-0.4, -0.2) is 15.3 Å². The van der Waals surface area contributed by atoms with E-state index in [-0.39, 0.29) is 16.5 Å². The summed E-state index contributed by atoms with van der Waals surface area (Å²) in [5.74, 6) is 0.629. The van der Waals surface area contributed by atoms with Crippen LogP contribution >= 0.6 is 0 Å². The molecular formula is C21H30FN3O. The van der Waals surface area contributed by atoms with E-state index in [1.54, 1.807) is 6.07 Å². The van der Waals surface area contributed by atoms with E-state index in [1.807, 2.05) is 45.3 Å². The molecule has 0 saturated heterocycles. The molecule has 0 fully saturated rings. The van der Waals surface area contributed by atoms with Crippen LogP contribution in [0.1, 0.15) is 72.7 Å². The summed E-state index contributed by atoms with van der Waals surface area (Å²) < 4.78 is 16.0. The van der Waals surface area contributed by atoms with Crippen molar-refractivity contribution in [1.29, 1.82) is 5.26 Å². The van der Waals surface area contributed by atoms with Gasteiger partial charge in [0.15, 0.2) is 5.82 Å². The Morgan fingerprint density at radius 1 is 1.23 bits per heavy atom. The Morgan fingerprint density at radius 2 is 1.81 bits per heavy atom. The highest BCUT2D eigenvalue weighted by Crippen LogP contribution is 2.28. The molecule has 0 aliphatic heterocycles. The number of imidazole rings is 1. The highest BCUT2D eigenvalue weighted by Gasteiger charge is 2.23. The number of rotatable bonds is 2. The first-order chi connectivity index (χ1) is 11.8. The van der Waals surface area contributed by atoms with E-state index in [2.05, 4.69) is 25.8 Å². The third-order valence-corrected chi connectivity index (χ3v) is 3.84. The topological polar surface area (TPSA) is 58.7 Å². The van der Waals surface area contributed by atoms with Crippen molar-refractivity contribution in [1.82, 2.24) is 9.55 Å². The fourth-order valence-electron chi connectivity index (χ4n) is 2.87. The average molecular weight is 359 g/mol. The predicted molar refractivity (Wildman–Crippen MR) is 104 cm³/mol. The standard InChI is InChI=1S/C13H14FN3.C8H16O/c1-8-16-10-6-5-9(7-15)11(14)12(10)17(8)13(2,3)4;1-5-7(9)6-8(2,3)4/h5-6H,1-4H3;5-6H2,1-4H3. The van der Waals surface area contributed by atoms with E-state index in [0.29, 0.717) is 29.7 Å². The van der Waals surface area contributed by atoms with Gasteiger partial charge in [-0.15, -0.1) is 0 Å². The summed E-state index contributed by atoms with van der Waals surface area (Å²) in [6, 6.07) is 5.02. The Kier molecular flexibility index (Phi) is 6.70. The largest absolute Gasteiger partial charge is 0.320 e. The normalized spacial score (nSPS) is 11.7. The molecule has 0 aliphatic rings. The van der Waals surface area contributed by atoms with Gasteiger partial charge in [0.2, 0.25) is 0 Å². The SMILES string of the molecule is CCC(=O)CC(C)(C)C.Cc1nc2ccc(C#N)c(F)c2n1C(C)(C)C. The number of hydrogen-bond acceptors (Lipinski definition) is 3. The number of Topliss-reactive ketones (excluding diaryl/α,β-unsaturated/α-hetero) is 1. The van der Waals surface area contributed by atoms with Crippen molar-refractivity contribution in [2.75, 3.05) is 0 Å². The molecule has 0 saturated carbocycles. The molecule has 0 unspecified atom stereocenters. The van der Waals surface area contributed by atoms with E-state index in [9.17, 15) is 9.18 Å². The number of hydrogen-bond donors (Lipinski definition) is 0. The molecule has 1 aromatic carbocycles.